The molecule has 1 aliphatic rings. The Morgan fingerprint density at radius 3 is 2.59 bits per heavy atom. The third-order valence-electron chi connectivity index (χ3n) is 4.83. The molecule has 2 heterocycles. The number of aliphatic imine (C=N–C) groups is 1. The van der Waals surface area contributed by atoms with Crippen molar-refractivity contribution in [3.05, 3.63) is 48.3 Å². The fourth-order valence-electron chi connectivity index (χ4n) is 3.39. The first-order chi connectivity index (χ1) is 13.7. The van der Waals surface area contributed by atoms with E-state index in [2.05, 4.69) is 32.3 Å². The average molecular weight is 512 g/mol. The second-order valence-corrected chi connectivity index (χ2v) is 6.59. The quantitative estimate of drug-likeness (QED) is 0.266. The van der Waals surface area contributed by atoms with Crippen LogP contribution in [0.3, 0.4) is 0 Å². The molecular weight excluding hydrogens is 483 g/mol. The minimum atomic E-state index is 0. The maximum absolute atomic E-state index is 5.68. The monoisotopic (exact) mass is 512 g/mol. The second-order valence-electron chi connectivity index (χ2n) is 6.59. The van der Waals surface area contributed by atoms with Crippen LogP contribution in [0.5, 0.6) is 17.2 Å². The van der Waals surface area contributed by atoms with Gasteiger partial charge in [0.1, 0.15) is 23.9 Å². The molecule has 29 heavy (non-hydrogen) atoms. The van der Waals surface area contributed by atoms with Gasteiger partial charge in [-0.2, -0.15) is 0 Å². The molecule has 158 valence electrons. The number of likely N-dealkylation sites (tertiary alicyclic amines) is 1. The lowest BCUT2D eigenvalue weighted by Crippen LogP contribution is -2.41. The minimum Gasteiger partial charge on any atom is -0.497 e. The van der Waals surface area contributed by atoms with Crippen LogP contribution in [-0.4, -0.2) is 63.4 Å². The van der Waals surface area contributed by atoms with Crippen molar-refractivity contribution in [2.45, 2.75) is 12.3 Å². The Bertz CT molecular complexity index is 767. The number of methoxy groups -OCH3 is 2. The summed E-state index contributed by atoms with van der Waals surface area (Å²) in [5, 5.41) is 3.38. The predicted octanol–water partition coefficient (Wildman–Crippen LogP) is 3.16. The fourth-order valence-corrected chi connectivity index (χ4v) is 3.39. The third kappa shape index (κ3) is 6.38. The molecule has 1 aromatic heterocycles. The van der Waals surface area contributed by atoms with Crippen LogP contribution in [0, 0.1) is 0 Å². The van der Waals surface area contributed by atoms with E-state index in [9.17, 15) is 0 Å². The van der Waals surface area contributed by atoms with Gasteiger partial charge in [-0.1, -0.05) is 0 Å². The summed E-state index contributed by atoms with van der Waals surface area (Å²) in [6, 6.07) is 9.84. The Balaban J connectivity index is 0.00000300. The van der Waals surface area contributed by atoms with Gasteiger partial charge >= 0.3 is 0 Å². The number of rotatable bonds is 7. The van der Waals surface area contributed by atoms with Gasteiger partial charge in [0, 0.05) is 38.3 Å². The number of nitrogens with one attached hydrogen (secondary N) is 1. The van der Waals surface area contributed by atoms with Crippen LogP contribution in [0.4, 0.5) is 0 Å². The summed E-state index contributed by atoms with van der Waals surface area (Å²) in [6.45, 7) is 3.08. The minimum absolute atomic E-state index is 0. The zero-order valence-corrected chi connectivity index (χ0v) is 19.5. The molecule has 8 heteroatoms. The molecule has 2 aromatic rings. The molecular formula is C21H29IN4O3. The average Bonchev–Trinajstić information content (AvgIpc) is 3.24. The first-order valence-electron chi connectivity index (χ1n) is 9.45. The molecule has 1 saturated heterocycles. The normalized spacial score (nSPS) is 16.2. The van der Waals surface area contributed by atoms with E-state index in [4.69, 9.17) is 14.2 Å². The van der Waals surface area contributed by atoms with E-state index < -0.39 is 0 Å². The van der Waals surface area contributed by atoms with E-state index >= 15 is 0 Å². The highest BCUT2D eigenvalue weighted by Gasteiger charge is 2.26. The number of nitrogens with zero attached hydrogens (tertiary/aromatic N) is 3. The molecule has 0 bridgehead atoms. The Morgan fingerprint density at radius 2 is 1.97 bits per heavy atom. The van der Waals surface area contributed by atoms with Crippen LogP contribution in [-0.2, 0) is 0 Å². The van der Waals surface area contributed by atoms with Crippen LogP contribution in [0.25, 0.3) is 0 Å². The van der Waals surface area contributed by atoms with Gasteiger partial charge in [0.15, 0.2) is 5.96 Å². The standard InChI is InChI=1S/C21H28N4O3.HI/c1-22-21(24-8-10-28-18-5-4-7-23-14-18)25-9-6-16(15-25)17-11-19(26-2)13-20(12-17)27-3;/h4-5,7,11-14,16H,6,8-10,15H2,1-3H3,(H,22,24);1H. The molecule has 1 aromatic carbocycles. The van der Waals surface area contributed by atoms with E-state index in [-0.39, 0.29) is 24.0 Å². The molecule has 1 unspecified atom stereocenters. The molecule has 1 aliphatic heterocycles. The molecule has 0 amide bonds. The first kappa shape index (κ1) is 23.1. The topological polar surface area (TPSA) is 68.2 Å². The summed E-state index contributed by atoms with van der Waals surface area (Å²) in [5.74, 6) is 3.72. The number of hydrogen-bond donors (Lipinski definition) is 1. The number of guanidine groups is 1. The van der Waals surface area contributed by atoms with Gasteiger partial charge < -0.3 is 24.4 Å². The van der Waals surface area contributed by atoms with Gasteiger partial charge in [-0.05, 0) is 36.2 Å². The van der Waals surface area contributed by atoms with E-state index in [0.29, 0.717) is 19.1 Å². The molecule has 3 rings (SSSR count). The smallest absolute Gasteiger partial charge is 0.193 e. The van der Waals surface area contributed by atoms with Crippen LogP contribution in [0.2, 0.25) is 0 Å². The van der Waals surface area contributed by atoms with Gasteiger partial charge in [-0.3, -0.25) is 9.98 Å². The molecule has 0 spiro atoms. The van der Waals surface area contributed by atoms with Crippen molar-refractivity contribution in [3.8, 4) is 17.2 Å². The molecule has 7 nitrogen and oxygen atoms in total. The summed E-state index contributed by atoms with van der Waals surface area (Å²) in [5.41, 5.74) is 1.23. The number of pyridine rings is 1. The lowest BCUT2D eigenvalue weighted by Gasteiger charge is -2.22. The number of hydrogen-bond acceptors (Lipinski definition) is 5. The molecule has 0 aliphatic carbocycles. The maximum Gasteiger partial charge on any atom is 0.193 e. The van der Waals surface area contributed by atoms with E-state index in [1.807, 2.05) is 25.2 Å². The SMILES string of the molecule is CN=C(NCCOc1cccnc1)N1CCC(c2cc(OC)cc(OC)c2)C1.I. The molecule has 0 saturated carbocycles. The fraction of sp³-hybridized carbons (Fsp3) is 0.429. The highest BCUT2D eigenvalue weighted by molar-refractivity contribution is 14.0. The highest BCUT2D eigenvalue weighted by Crippen LogP contribution is 2.32. The van der Waals surface area contributed by atoms with Crippen LogP contribution < -0.4 is 19.5 Å². The van der Waals surface area contributed by atoms with Crippen molar-refractivity contribution in [1.29, 1.82) is 0 Å². The molecule has 1 atom stereocenters. The van der Waals surface area contributed by atoms with Crippen molar-refractivity contribution < 1.29 is 14.2 Å². The lowest BCUT2D eigenvalue weighted by molar-refractivity contribution is 0.318. The van der Waals surface area contributed by atoms with Crippen molar-refractivity contribution in [1.82, 2.24) is 15.2 Å². The Morgan fingerprint density at radius 1 is 1.21 bits per heavy atom. The van der Waals surface area contributed by atoms with Crippen molar-refractivity contribution in [2.75, 3.05) is 47.5 Å². The summed E-state index contributed by atoms with van der Waals surface area (Å²) in [4.78, 5) is 10.7. The van der Waals surface area contributed by atoms with Crippen molar-refractivity contribution >= 4 is 29.9 Å². The number of benzene rings is 1. The van der Waals surface area contributed by atoms with Crippen LogP contribution in [0.1, 0.15) is 17.9 Å². The maximum atomic E-state index is 5.68. The second kappa shape index (κ2) is 11.7. The van der Waals surface area contributed by atoms with Gasteiger partial charge in [-0.15, -0.1) is 24.0 Å². The first-order valence-corrected chi connectivity index (χ1v) is 9.45. The van der Waals surface area contributed by atoms with Gasteiger partial charge in [0.05, 0.1) is 27.0 Å². The van der Waals surface area contributed by atoms with Crippen molar-refractivity contribution in [2.24, 2.45) is 4.99 Å². The summed E-state index contributed by atoms with van der Waals surface area (Å²) < 4.78 is 16.5. The number of ether oxygens (including phenoxy) is 3. The Hall–Kier alpha value is -2.23. The molecule has 1 fully saturated rings. The van der Waals surface area contributed by atoms with Gasteiger partial charge in [0.25, 0.3) is 0 Å². The summed E-state index contributed by atoms with van der Waals surface area (Å²) >= 11 is 0. The number of halogens is 1. The van der Waals surface area contributed by atoms with E-state index in [0.717, 1.165) is 42.7 Å². The zero-order valence-electron chi connectivity index (χ0n) is 17.1. The van der Waals surface area contributed by atoms with Crippen LogP contribution >= 0.6 is 24.0 Å². The summed E-state index contributed by atoms with van der Waals surface area (Å²) in [7, 11) is 5.17. The van der Waals surface area contributed by atoms with E-state index in [1.54, 1.807) is 26.6 Å². The molecule has 1 N–H and O–H groups in total. The Labute approximate surface area is 189 Å². The van der Waals surface area contributed by atoms with Gasteiger partial charge in [0.2, 0.25) is 0 Å². The zero-order chi connectivity index (χ0) is 19.8. The largest absolute Gasteiger partial charge is 0.497 e. The lowest BCUT2D eigenvalue weighted by atomic mass is 9.98. The number of aromatic nitrogens is 1. The Kier molecular flexibility index (Phi) is 9.30. The van der Waals surface area contributed by atoms with Gasteiger partial charge in [-0.25, -0.2) is 0 Å². The summed E-state index contributed by atoms with van der Waals surface area (Å²) in [6.07, 6.45) is 4.50. The highest BCUT2D eigenvalue weighted by atomic mass is 127. The van der Waals surface area contributed by atoms with Crippen LogP contribution in [0.15, 0.2) is 47.7 Å². The third-order valence-corrected chi connectivity index (χ3v) is 4.83. The molecule has 0 radical (unpaired) electrons. The van der Waals surface area contributed by atoms with Crippen molar-refractivity contribution in [3.63, 3.8) is 0 Å². The van der Waals surface area contributed by atoms with E-state index in [1.165, 1.54) is 5.56 Å². The predicted molar refractivity (Wildman–Crippen MR) is 125 cm³/mol.